The molecule has 0 bridgehead atoms. The third kappa shape index (κ3) is 5.83. The molecule has 0 radical (unpaired) electrons. The summed E-state index contributed by atoms with van der Waals surface area (Å²) < 4.78 is 34.1. The van der Waals surface area contributed by atoms with Gasteiger partial charge >= 0.3 is 5.97 Å². The number of nitrogens with zero attached hydrogens (tertiary/aromatic N) is 3. The van der Waals surface area contributed by atoms with E-state index in [1.807, 2.05) is 33.8 Å². The van der Waals surface area contributed by atoms with Crippen LogP contribution in [0.5, 0.6) is 5.88 Å². The van der Waals surface area contributed by atoms with Crippen molar-refractivity contribution in [2.24, 2.45) is 5.73 Å². The summed E-state index contributed by atoms with van der Waals surface area (Å²) >= 11 is 0. The largest absolute Gasteiger partial charge is 0.477 e. The van der Waals surface area contributed by atoms with Gasteiger partial charge in [-0.15, -0.1) is 0 Å². The molecule has 0 spiro atoms. The number of hydrogen-bond donors (Lipinski definition) is 2. The molecule has 10 nitrogen and oxygen atoms in total. The van der Waals surface area contributed by atoms with E-state index in [0.29, 0.717) is 47.0 Å². The third-order valence-electron chi connectivity index (χ3n) is 6.81. The second-order valence-electron chi connectivity index (χ2n) is 9.85. The lowest BCUT2D eigenvalue weighted by Gasteiger charge is -2.27. The van der Waals surface area contributed by atoms with Crippen LogP contribution in [0.3, 0.4) is 0 Å². The van der Waals surface area contributed by atoms with Gasteiger partial charge in [0.2, 0.25) is 5.88 Å². The first kappa shape index (κ1) is 26.7. The summed E-state index contributed by atoms with van der Waals surface area (Å²) in [6, 6.07) is 5.30. The molecule has 37 heavy (non-hydrogen) atoms. The number of rotatable bonds is 9. The van der Waals surface area contributed by atoms with E-state index in [0.717, 1.165) is 10.9 Å². The smallest absolute Gasteiger partial charge is 0.340 e. The number of hydrogen-bond acceptors (Lipinski definition) is 10. The highest BCUT2D eigenvalue weighted by Gasteiger charge is 2.31. The highest BCUT2D eigenvalue weighted by atomic mass is 32.2. The van der Waals surface area contributed by atoms with E-state index in [2.05, 4.69) is 20.3 Å². The number of nitrogens with one attached hydrogen (secondary N) is 1. The summed E-state index contributed by atoms with van der Waals surface area (Å²) in [5, 5.41) is 4.74. The number of carbonyl (C=O) groups is 1. The van der Waals surface area contributed by atoms with Crippen LogP contribution in [0.15, 0.2) is 30.6 Å². The molecule has 198 valence electrons. The fourth-order valence-electron chi connectivity index (χ4n) is 4.18. The van der Waals surface area contributed by atoms with Gasteiger partial charge in [-0.05, 0) is 55.8 Å². The molecule has 0 aromatic carbocycles. The predicted octanol–water partition coefficient (Wildman–Crippen LogP) is 3.83. The van der Waals surface area contributed by atoms with Crippen LogP contribution >= 0.6 is 0 Å². The Kier molecular flexibility index (Phi) is 7.38. The maximum Gasteiger partial charge on any atom is 0.340 e. The molecule has 3 aromatic rings. The highest BCUT2D eigenvalue weighted by molar-refractivity contribution is 7.90. The summed E-state index contributed by atoms with van der Waals surface area (Å²) in [4.78, 5) is 25.9. The molecule has 1 aliphatic heterocycles. The van der Waals surface area contributed by atoms with Crippen molar-refractivity contribution in [1.82, 2.24) is 15.0 Å². The van der Waals surface area contributed by atoms with E-state index < -0.39 is 15.4 Å². The molecule has 3 aromatic heterocycles. The Morgan fingerprint density at radius 2 is 1.92 bits per heavy atom. The first-order valence-corrected chi connectivity index (χ1v) is 14.3. The second kappa shape index (κ2) is 10.2. The van der Waals surface area contributed by atoms with Crippen molar-refractivity contribution in [1.29, 1.82) is 0 Å². The molecule has 3 N–H and O–H groups in total. The second-order valence-corrected chi connectivity index (χ2v) is 12.1. The van der Waals surface area contributed by atoms with Crippen LogP contribution in [-0.2, 0) is 20.1 Å². The van der Waals surface area contributed by atoms with Gasteiger partial charge < -0.3 is 20.5 Å². The summed E-state index contributed by atoms with van der Waals surface area (Å²) in [7, 11) is -3.07. The maximum absolute atomic E-state index is 12.2. The van der Waals surface area contributed by atoms with Crippen molar-refractivity contribution < 1.29 is 22.7 Å². The van der Waals surface area contributed by atoms with Crippen molar-refractivity contribution in [3.63, 3.8) is 0 Å². The Balaban J connectivity index is 1.68. The molecule has 0 saturated carbocycles. The van der Waals surface area contributed by atoms with Crippen LogP contribution in [0.25, 0.3) is 10.8 Å². The molecule has 1 aliphatic rings. The molecule has 0 saturated heterocycles. The molecule has 0 aliphatic carbocycles. The number of nitrogens with two attached hydrogens (primary N) is 1. The van der Waals surface area contributed by atoms with Crippen LogP contribution in [0.1, 0.15) is 68.1 Å². The van der Waals surface area contributed by atoms with Gasteiger partial charge in [-0.3, -0.25) is 0 Å². The summed E-state index contributed by atoms with van der Waals surface area (Å²) in [5.74, 6) is 1.09. The molecule has 11 heteroatoms. The summed E-state index contributed by atoms with van der Waals surface area (Å²) in [5.41, 5.74) is 7.94. The highest BCUT2D eigenvalue weighted by Crippen LogP contribution is 2.35. The predicted molar refractivity (Wildman–Crippen MR) is 142 cm³/mol. The Morgan fingerprint density at radius 3 is 2.62 bits per heavy atom. The van der Waals surface area contributed by atoms with E-state index in [9.17, 15) is 13.2 Å². The summed E-state index contributed by atoms with van der Waals surface area (Å²) in [6.45, 7) is 7.99. The van der Waals surface area contributed by atoms with Gasteiger partial charge in [-0.2, -0.15) is 0 Å². The van der Waals surface area contributed by atoms with Crippen molar-refractivity contribution in [3.8, 4) is 5.88 Å². The van der Waals surface area contributed by atoms with Gasteiger partial charge in [0.25, 0.3) is 0 Å². The van der Waals surface area contributed by atoms with E-state index >= 15 is 0 Å². The average molecular weight is 528 g/mol. The molecule has 0 amide bonds. The van der Waals surface area contributed by atoms with Crippen LogP contribution < -0.4 is 15.8 Å². The van der Waals surface area contributed by atoms with Gasteiger partial charge in [0.15, 0.2) is 0 Å². The number of cyclic esters (lactones) is 1. The number of pyridine rings is 3. The van der Waals surface area contributed by atoms with E-state index in [4.69, 9.17) is 15.2 Å². The number of esters is 1. The van der Waals surface area contributed by atoms with Crippen molar-refractivity contribution >= 4 is 38.2 Å². The van der Waals surface area contributed by atoms with Gasteiger partial charge in [-0.25, -0.2) is 28.2 Å². The SMILES string of the molecule is CCC(C)(N)c1cnc(OCCCS(C)(=O)=O)c2cnc(Nc3ccc4c(n3)[C@@H](C)[C@H](C)OC4=O)cc12. The first-order chi connectivity index (χ1) is 17.4. The topological polar surface area (TPSA) is 146 Å². The molecular formula is C26H33N5O5S. The molecule has 1 unspecified atom stereocenters. The molecular weight excluding hydrogens is 494 g/mol. The Hall–Kier alpha value is -3.31. The van der Waals surface area contributed by atoms with E-state index in [1.54, 1.807) is 24.5 Å². The summed E-state index contributed by atoms with van der Waals surface area (Å²) in [6.07, 6.45) is 5.34. The molecule has 4 heterocycles. The minimum absolute atomic E-state index is 0.0366. The van der Waals surface area contributed by atoms with Crippen molar-refractivity contribution in [3.05, 3.63) is 47.4 Å². The van der Waals surface area contributed by atoms with Gasteiger partial charge in [0.1, 0.15) is 27.6 Å². The Bertz CT molecular complexity index is 1440. The number of fused-ring (bicyclic) bond motifs is 2. The van der Waals surface area contributed by atoms with Gasteiger partial charge in [0, 0.05) is 30.1 Å². The standard InChI is InChI=1S/C26H33N5O5S/c1-6-26(4,27)20-14-29-24(35-10-7-11-37(5,33)34)19-13-28-22(12-18(19)20)30-21-9-8-17-23(31-21)15(2)16(3)36-25(17)32/h8-9,12-16H,6-7,10-11,27H2,1-5H3,(H,28,30,31)/t15-,16-,26?/m0/s1. The van der Waals surface area contributed by atoms with Crippen molar-refractivity contribution in [2.75, 3.05) is 23.9 Å². The molecule has 4 rings (SSSR count). The number of sulfone groups is 1. The fourth-order valence-corrected chi connectivity index (χ4v) is 4.82. The number of anilines is 2. The van der Waals surface area contributed by atoms with E-state index in [1.165, 1.54) is 6.26 Å². The zero-order valence-corrected chi connectivity index (χ0v) is 22.6. The number of aromatic nitrogens is 3. The van der Waals surface area contributed by atoms with Crippen LogP contribution in [0.4, 0.5) is 11.6 Å². The lowest BCUT2D eigenvalue weighted by Crippen LogP contribution is -2.32. The first-order valence-electron chi connectivity index (χ1n) is 12.3. The van der Waals surface area contributed by atoms with Gasteiger partial charge in [0.05, 0.1) is 29.0 Å². The number of carbonyl (C=O) groups excluding carboxylic acids is 1. The zero-order valence-electron chi connectivity index (χ0n) is 21.7. The molecule has 3 atom stereocenters. The lowest BCUT2D eigenvalue weighted by molar-refractivity contribution is 0.0235. The zero-order chi connectivity index (χ0) is 27.0. The third-order valence-corrected chi connectivity index (χ3v) is 7.84. The van der Waals surface area contributed by atoms with Gasteiger partial charge in [-0.1, -0.05) is 13.8 Å². The Morgan fingerprint density at radius 1 is 1.16 bits per heavy atom. The van der Waals surface area contributed by atoms with Crippen LogP contribution in [0, 0.1) is 0 Å². The average Bonchev–Trinajstić information content (AvgIpc) is 2.84. The van der Waals surface area contributed by atoms with E-state index in [-0.39, 0.29) is 30.4 Å². The quantitative estimate of drug-likeness (QED) is 0.311. The van der Waals surface area contributed by atoms with Crippen LogP contribution in [0.2, 0.25) is 0 Å². The monoisotopic (exact) mass is 527 g/mol. The Labute approximate surface area is 216 Å². The van der Waals surface area contributed by atoms with Crippen molar-refractivity contribution in [2.45, 2.75) is 58.1 Å². The minimum Gasteiger partial charge on any atom is -0.477 e. The number of ether oxygens (including phenoxy) is 2. The lowest BCUT2D eigenvalue weighted by atomic mass is 9.88. The fraction of sp³-hybridized carbons (Fsp3) is 0.462. The van der Waals surface area contributed by atoms with Crippen LogP contribution in [-0.4, -0.2) is 54.1 Å². The normalized spacial score (nSPS) is 19.1. The minimum atomic E-state index is -3.07. The molecule has 0 fully saturated rings. The maximum atomic E-state index is 12.2.